The molecule has 18 heavy (non-hydrogen) atoms. The number of hydrogen-bond acceptors (Lipinski definition) is 5. The maximum absolute atomic E-state index is 12.1. The Hall–Kier alpha value is -1.24. The van der Waals surface area contributed by atoms with Gasteiger partial charge in [-0.25, -0.2) is 9.97 Å². The third-order valence-corrected chi connectivity index (χ3v) is 2.98. The highest BCUT2D eigenvalue weighted by atomic mass is 35.5. The molecule has 1 aliphatic rings. The molecule has 2 atom stereocenters. The van der Waals surface area contributed by atoms with E-state index in [1.165, 1.54) is 12.4 Å². The van der Waals surface area contributed by atoms with Crippen molar-refractivity contribution < 1.29 is 9.53 Å². The summed E-state index contributed by atoms with van der Waals surface area (Å²) in [7, 11) is 0. The van der Waals surface area contributed by atoms with E-state index in [9.17, 15) is 4.79 Å². The van der Waals surface area contributed by atoms with Crippen molar-refractivity contribution in [3.8, 4) is 0 Å². The van der Waals surface area contributed by atoms with Crippen molar-refractivity contribution in [1.29, 1.82) is 0 Å². The van der Waals surface area contributed by atoms with Crippen LogP contribution < -0.4 is 10.6 Å². The number of ether oxygens (including phenoxy) is 1. The Balaban J connectivity index is 1.99. The van der Waals surface area contributed by atoms with Gasteiger partial charge in [0, 0.05) is 12.1 Å². The number of carbonyl (C=O) groups excluding carboxylic acids is 1. The minimum atomic E-state index is -0.210. The molecule has 1 saturated heterocycles. The number of halogens is 1. The van der Waals surface area contributed by atoms with Crippen LogP contribution in [0.3, 0.4) is 0 Å². The van der Waals surface area contributed by atoms with E-state index < -0.39 is 0 Å². The normalized spacial score (nSPS) is 23.0. The molecule has 0 radical (unpaired) electrons. The lowest BCUT2D eigenvalue weighted by atomic mass is 10.0. The second-order valence-corrected chi connectivity index (χ2v) is 4.41. The zero-order valence-corrected chi connectivity index (χ0v) is 10.8. The summed E-state index contributed by atoms with van der Waals surface area (Å²) in [6, 6.07) is 1.56. The van der Waals surface area contributed by atoms with E-state index in [0.717, 1.165) is 6.54 Å². The summed E-state index contributed by atoms with van der Waals surface area (Å²) >= 11 is 5.73. The van der Waals surface area contributed by atoms with Gasteiger partial charge in [-0.3, -0.25) is 4.79 Å². The van der Waals surface area contributed by atoms with Crippen molar-refractivity contribution in [2.45, 2.75) is 13.0 Å². The van der Waals surface area contributed by atoms with Crippen LogP contribution in [0.4, 0.5) is 5.82 Å². The Bertz CT molecular complexity index is 429. The fourth-order valence-corrected chi connectivity index (χ4v) is 2.04. The van der Waals surface area contributed by atoms with Crippen LogP contribution in [0, 0.1) is 5.92 Å². The van der Waals surface area contributed by atoms with E-state index in [1.54, 1.807) is 0 Å². The zero-order valence-electron chi connectivity index (χ0n) is 10.0. The minimum absolute atomic E-state index is 0.0484. The predicted octanol–water partition coefficient (Wildman–Crippen LogP) is 0.693. The molecule has 0 aliphatic carbocycles. The first-order valence-electron chi connectivity index (χ1n) is 5.80. The second-order valence-electron chi connectivity index (χ2n) is 4.02. The van der Waals surface area contributed by atoms with E-state index >= 15 is 0 Å². The van der Waals surface area contributed by atoms with Crippen LogP contribution in [0.5, 0.6) is 0 Å². The van der Waals surface area contributed by atoms with Gasteiger partial charge in [0.1, 0.15) is 17.3 Å². The van der Waals surface area contributed by atoms with Gasteiger partial charge in [0.15, 0.2) is 0 Å². The summed E-state index contributed by atoms with van der Waals surface area (Å²) < 4.78 is 5.32. The van der Waals surface area contributed by atoms with Gasteiger partial charge in [0.2, 0.25) is 5.91 Å². The van der Waals surface area contributed by atoms with Gasteiger partial charge >= 0.3 is 0 Å². The molecule has 2 rings (SSSR count). The average molecular weight is 271 g/mol. The van der Waals surface area contributed by atoms with Gasteiger partial charge in [0.05, 0.1) is 19.1 Å². The number of amides is 1. The molecular weight excluding hydrogens is 256 g/mol. The first kappa shape index (κ1) is 13.2. The number of anilines is 1. The number of hydrogen-bond donors (Lipinski definition) is 2. The molecule has 2 N–H and O–H groups in total. The van der Waals surface area contributed by atoms with Gasteiger partial charge in [-0.05, 0) is 6.54 Å². The molecule has 1 fully saturated rings. The Kier molecular flexibility index (Phi) is 4.46. The highest BCUT2D eigenvalue weighted by Crippen LogP contribution is 2.16. The highest BCUT2D eigenvalue weighted by molar-refractivity contribution is 6.29. The molecule has 1 aliphatic heterocycles. The lowest BCUT2D eigenvalue weighted by Crippen LogP contribution is -2.41. The molecule has 98 valence electrons. The SMILES string of the molecule is CCNC1COCC1C(=O)Nc1cc(Cl)ncn1. The van der Waals surface area contributed by atoms with E-state index in [2.05, 4.69) is 20.6 Å². The van der Waals surface area contributed by atoms with Crippen molar-refractivity contribution in [2.24, 2.45) is 5.92 Å². The maximum Gasteiger partial charge on any atom is 0.232 e. The Morgan fingerprint density at radius 1 is 1.56 bits per heavy atom. The minimum Gasteiger partial charge on any atom is -0.379 e. The van der Waals surface area contributed by atoms with Gasteiger partial charge in [-0.1, -0.05) is 18.5 Å². The summed E-state index contributed by atoms with van der Waals surface area (Å²) in [5.41, 5.74) is 0. The molecule has 7 heteroatoms. The molecule has 0 saturated carbocycles. The van der Waals surface area contributed by atoms with E-state index in [0.29, 0.717) is 24.2 Å². The van der Waals surface area contributed by atoms with E-state index in [-0.39, 0.29) is 17.9 Å². The predicted molar refractivity (Wildman–Crippen MR) is 67.4 cm³/mol. The number of aromatic nitrogens is 2. The number of nitrogens with zero attached hydrogens (tertiary/aromatic N) is 2. The molecule has 1 aromatic rings. The summed E-state index contributed by atoms with van der Waals surface area (Å²) in [6.45, 7) is 3.77. The van der Waals surface area contributed by atoms with Gasteiger partial charge in [-0.15, -0.1) is 0 Å². The van der Waals surface area contributed by atoms with Gasteiger partial charge < -0.3 is 15.4 Å². The van der Waals surface area contributed by atoms with Crippen LogP contribution in [-0.2, 0) is 9.53 Å². The molecule has 0 bridgehead atoms. The largest absolute Gasteiger partial charge is 0.379 e. The van der Waals surface area contributed by atoms with Crippen molar-refractivity contribution in [3.63, 3.8) is 0 Å². The van der Waals surface area contributed by atoms with Crippen molar-refractivity contribution in [2.75, 3.05) is 25.1 Å². The lowest BCUT2D eigenvalue weighted by molar-refractivity contribution is -0.120. The summed E-state index contributed by atoms with van der Waals surface area (Å²) in [4.78, 5) is 19.8. The van der Waals surface area contributed by atoms with Crippen LogP contribution in [0.2, 0.25) is 5.15 Å². The average Bonchev–Trinajstić information content (AvgIpc) is 2.78. The highest BCUT2D eigenvalue weighted by Gasteiger charge is 2.33. The Labute approximate surface area is 110 Å². The molecule has 1 aromatic heterocycles. The molecule has 6 nitrogen and oxygen atoms in total. The third-order valence-electron chi connectivity index (χ3n) is 2.77. The third kappa shape index (κ3) is 3.16. The summed E-state index contributed by atoms with van der Waals surface area (Å²) in [5, 5.41) is 6.24. The molecular formula is C11H15ClN4O2. The molecule has 2 unspecified atom stereocenters. The lowest BCUT2D eigenvalue weighted by Gasteiger charge is -2.17. The van der Waals surface area contributed by atoms with Gasteiger partial charge in [-0.2, -0.15) is 0 Å². The monoisotopic (exact) mass is 270 g/mol. The molecule has 2 heterocycles. The Morgan fingerprint density at radius 3 is 3.11 bits per heavy atom. The smallest absolute Gasteiger partial charge is 0.232 e. The molecule has 0 spiro atoms. The number of rotatable bonds is 4. The first-order valence-corrected chi connectivity index (χ1v) is 6.18. The number of carbonyl (C=O) groups is 1. The van der Waals surface area contributed by atoms with Gasteiger partial charge in [0.25, 0.3) is 0 Å². The van der Waals surface area contributed by atoms with Crippen LogP contribution in [-0.4, -0.2) is 41.7 Å². The maximum atomic E-state index is 12.1. The van der Waals surface area contributed by atoms with E-state index in [4.69, 9.17) is 16.3 Å². The number of likely N-dealkylation sites (N-methyl/N-ethyl adjacent to an activating group) is 1. The van der Waals surface area contributed by atoms with Crippen LogP contribution >= 0.6 is 11.6 Å². The molecule has 0 aromatic carbocycles. The van der Waals surface area contributed by atoms with Crippen molar-refractivity contribution in [3.05, 3.63) is 17.5 Å². The van der Waals surface area contributed by atoms with Crippen LogP contribution in [0.15, 0.2) is 12.4 Å². The zero-order chi connectivity index (χ0) is 13.0. The van der Waals surface area contributed by atoms with Crippen molar-refractivity contribution >= 4 is 23.3 Å². The van der Waals surface area contributed by atoms with Crippen molar-refractivity contribution in [1.82, 2.24) is 15.3 Å². The standard InChI is InChI=1S/C11H15ClN4O2/c1-2-13-8-5-18-4-7(8)11(17)16-10-3-9(12)14-6-15-10/h3,6-8,13H,2,4-5H2,1H3,(H,14,15,16,17). The first-order chi connectivity index (χ1) is 8.70. The quantitative estimate of drug-likeness (QED) is 0.788. The Morgan fingerprint density at radius 2 is 2.39 bits per heavy atom. The van der Waals surface area contributed by atoms with Crippen LogP contribution in [0.25, 0.3) is 0 Å². The summed E-state index contributed by atoms with van der Waals surface area (Å²) in [5.74, 6) is 0.0778. The second kappa shape index (κ2) is 6.08. The molecule has 1 amide bonds. The fourth-order valence-electron chi connectivity index (χ4n) is 1.90. The summed E-state index contributed by atoms with van der Waals surface area (Å²) in [6.07, 6.45) is 1.31. The van der Waals surface area contributed by atoms with Crippen LogP contribution in [0.1, 0.15) is 6.92 Å². The van der Waals surface area contributed by atoms with E-state index in [1.807, 2.05) is 6.92 Å². The topological polar surface area (TPSA) is 76.1 Å². The fraction of sp³-hybridized carbons (Fsp3) is 0.545. The number of nitrogens with one attached hydrogen (secondary N) is 2.